The van der Waals surface area contributed by atoms with E-state index in [2.05, 4.69) is 20.5 Å². The number of nitrogen functional groups attached to an aromatic ring is 1. The first-order valence-electron chi connectivity index (χ1n) is 4.87. The largest absolute Gasteiger partial charge is 0.368 e. The van der Waals surface area contributed by atoms with E-state index in [0.717, 1.165) is 5.56 Å². The van der Waals surface area contributed by atoms with Crippen LogP contribution in [0.2, 0.25) is 5.02 Å². The molecule has 1 aromatic heterocycles. The van der Waals surface area contributed by atoms with Crippen LogP contribution in [0.4, 0.5) is 11.8 Å². The van der Waals surface area contributed by atoms with Crippen molar-refractivity contribution in [2.45, 2.75) is 0 Å². The van der Waals surface area contributed by atoms with Gasteiger partial charge in [-0.2, -0.15) is 10.1 Å². The minimum Gasteiger partial charge on any atom is -0.368 e. The number of hydrogen-bond acceptors (Lipinski definition) is 5. The van der Waals surface area contributed by atoms with E-state index < -0.39 is 0 Å². The van der Waals surface area contributed by atoms with E-state index in [1.807, 2.05) is 12.1 Å². The zero-order valence-electron chi connectivity index (χ0n) is 8.84. The number of anilines is 2. The fourth-order valence-electron chi connectivity index (χ4n) is 1.16. The van der Waals surface area contributed by atoms with Crippen molar-refractivity contribution in [3.05, 3.63) is 47.1 Å². The van der Waals surface area contributed by atoms with Gasteiger partial charge in [-0.3, -0.25) is 5.43 Å². The summed E-state index contributed by atoms with van der Waals surface area (Å²) in [4.78, 5) is 7.72. The molecule has 0 aliphatic heterocycles. The number of benzene rings is 1. The lowest BCUT2D eigenvalue weighted by Crippen LogP contribution is -1.98. The normalized spacial score (nSPS) is 10.6. The van der Waals surface area contributed by atoms with E-state index >= 15 is 0 Å². The van der Waals surface area contributed by atoms with Gasteiger partial charge in [0.2, 0.25) is 5.95 Å². The standard InChI is InChI=1S/C11H10ClN5/c12-9-3-1-8(2-4-9)7-15-17-10-5-6-14-11(13)16-10/h1-7H,(H3,13,14,16,17)/b15-7+. The topological polar surface area (TPSA) is 76.2 Å². The molecule has 0 unspecified atom stereocenters. The lowest BCUT2D eigenvalue weighted by atomic mass is 10.2. The monoisotopic (exact) mass is 247 g/mol. The molecule has 0 amide bonds. The summed E-state index contributed by atoms with van der Waals surface area (Å²) in [5.74, 6) is 0.749. The maximum Gasteiger partial charge on any atom is 0.221 e. The molecule has 5 nitrogen and oxygen atoms in total. The lowest BCUT2D eigenvalue weighted by Gasteiger charge is -1.99. The van der Waals surface area contributed by atoms with Crippen molar-refractivity contribution in [1.82, 2.24) is 9.97 Å². The predicted molar refractivity (Wildman–Crippen MR) is 69.1 cm³/mol. The van der Waals surface area contributed by atoms with Crippen molar-refractivity contribution in [3.8, 4) is 0 Å². The Kier molecular flexibility index (Phi) is 3.52. The van der Waals surface area contributed by atoms with Crippen LogP contribution in [-0.2, 0) is 0 Å². The Labute approximate surface area is 103 Å². The summed E-state index contributed by atoms with van der Waals surface area (Å²) >= 11 is 5.77. The van der Waals surface area contributed by atoms with Crippen LogP contribution < -0.4 is 11.2 Å². The smallest absolute Gasteiger partial charge is 0.221 e. The zero-order chi connectivity index (χ0) is 12.1. The van der Waals surface area contributed by atoms with Gasteiger partial charge in [0.1, 0.15) is 0 Å². The molecule has 6 heteroatoms. The molecule has 0 radical (unpaired) electrons. The van der Waals surface area contributed by atoms with E-state index in [4.69, 9.17) is 17.3 Å². The van der Waals surface area contributed by atoms with Gasteiger partial charge < -0.3 is 5.73 Å². The molecule has 0 bridgehead atoms. The number of nitrogens with zero attached hydrogens (tertiary/aromatic N) is 3. The van der Waals surface area contributed by atoms with Gasteiger partial charge >= 0.3 is 0 Å². The number of rotatable bonds is 3. The molecule has 1 heterocycles. The Hall–Kier alpha value is -2.14. The van der Waals surface area contributed by atoms with Crippen LogP contribution in [0.1, 0.15) is 5.56 Å². The third-order valence-corrected chi connectivity index (χ3v) is 2.19. The van der Waals surface area contributed by atoms with Crippen LogP contribution >= 0.6 is 11.6 Å². The molecule has 0 fully saturated rings. The molecule has 0 atom stereocenters. The van der Waals surface area contributed by atoms with E-state index in [9.17, 15) is 0 Å². The van der Waals surface area contributed by atoms with Crippen LogP contribution in [0.3, 0.4) is 0 Å². The van der Waals surface area contributed by atoms with E-state index in [-0.39, 0.29) is 5.95 Å². The third kappa shape index (κ3) is 3.42. The van der Waals surface area contributed by atoms with Crippen molar-refractivity contribution in [3.63, 3.8) is 0 Å². The molecular formula is C11H10ClN5. The van der Waals surface area contributed by atoms with Crippen LogP contribution in [0.25, 0.3) is 0 Å². The van der Waals surface area contributed by atoms with E-state index in [1.54, 1.807) is 30.6 Å². The van der Waals surface area contributed by atoms with Crippen molar-refractivity contribution >= 4 is 29.6 Å². The van der Waals surface area contributed by atoms with E-state index in [0.29, 0.717) is 10.8 Å². The molecular weight excluding hydrogens is 238 g/mol. The number of aromatic nitrogens is 2. The maximum absolute atomic E-state index is 5.77. The number of hydrazone groups is 1. The number of halogens is 1. The highest BCUT2D eigenvalue weighted by Gasteiger charge is 1.92. The van der Waals surface area contributed by atoms with Gasteiger partial charge in [-0.25, -0.2) is 4.98 Å². The van der Waals surface area contributed by atoms with E-state index in [1.165, 1.54) is 0 Å². The highest BCUT2D eigenvalue weighted by Crippen LogP contribution is 2.08. The molecule has 0 aliphatic carbocycles. The molecule has 0 spiro atoms. The second-order valence-electron chi connectivity index (χ2n) is 3.22. The second-order valence-corrected chi connectivity index (χ2v) is 3.66. The summed E-state index contributed by atoms with van der Waals surface area (Å²) in [5.41, 5.74) is 9.12. The molecule has 0 aliphatic rings. The van der Waals surface area contributed by atoms with Crippen molar-refractivity contribution in [1.29, 1.82) is 0 Å². The molecule has 86 valence electrons. The molecule has 2 aromatic rings. The second kappa shape index (κ2) is 5.27. The minimum absolute atomic E-state index is 0.205. The van der Waals surface area contributed by atoms with Gasteiger partial charge in [0, 0.05) is 17.3 Å². The third-order valence-electron chi connectivity index (χ3n) is 1.94. The van der Waals surface area contributed by atoms with Gasteiger partial charge in [0.25, 0.3) is 0 Å². The average molecular weight is 248 g/mol. The summed E-state index contributed by atoms with van der Waals surface area (Å²) < 4.78 is 0. The Morgan fingerprint density at radius 3 is 2.71 bits per heavy atom. The number of nitrogens with one attached hydrogen (secondary N) is 1. The summed E-state index contributed by atoms with van der Waals surface area (Å²) in [6.07, 6.45) is 3.22. The molecule has 3 N–H and O–H groups in total. The highest BCUT2D eigenvalue weighted by atomic mass is 35.5. The van der Waals surface area contributed by atoms with Gasteiger partial charge in [-0.15, -0.1) is 0 Å². The van der Waals surface area contributed by atoms with Crippen LogP contribution in [0.5, 0.6) is 0 Å². The van der Waals surface area contributed by atoms with Crippen LogP contribution in [0.15, 0.2) is 41.6 Å². The van der Waals surface area contributed by atoms with Crippen molar-refractivity contribution < 1.29 is 0 Å². The number of hydrogen-bond donors (Lipinski definition) is 2. The molecule has 2 rings (SSSR count). The Morgan fingerprint density at radius 2 is 2.00 bits per heavy atom. The molecule has 1 aromatic carbocycles. The summed E-state index contributed by atoms with van der Waals surface area (Å²) in [6.45, 7) is 0. The maximum atomic E-state index is 5.77. The number of nitrogens with two attached hydrogens (primary N) is 1. The first-order chi connectivity index (χ1) is 8.24. The average Bonchev–Trinajstić information content (AvgIpc) is 2.32. The fourth-order valence-corrected chi connectivity index (χ4v) is 1.28. The van der Waals surface area contributed by atoms with Gasteiger partial charge in [0.05, 0.1) is 6.21 Å². The lowest BCUT2D eigenvalue weighted by molar-refractivity contribution is 1.15. The minimum atomic E-state index is 0.205. The van der Waals surface area contributed by atoms with Gasteiger partial charge in [0.15, 0.2) is 5.82 Å². The van der Waals surface area contributed by atoms with Gasteiger partial charge in [-0.05, 0) is 17.7 Å². The zero-order valence-corrected chi connectivity index (χ0v) is 9.59. The van der Waals surface area contributed by atoms with Gasteiger partial charge in [-0.1, -0.05) is 23.7 Å². The highest BCUT2D eigenvalue weighted by molar-refractivity contribution is 6.30. The molecule has 0 saturated heterocycles. The van der Waals surface area contributed by atoms with Crippen LogP contribution in [0, 0.1) is 0 Å². The van der Waals surface area contributed by atoms with Crippen molar-refractivity contribution in [2.75, 3.05) is 11.2 Å². The van der Waals surface area contributed by atoms with Crippen molar-refractivity contribution in [2.24, 2.45) is 5.10 Å². The summed E-state index contributed by atoms with van der Waals surface area (Å²) in [7, 11) is 0. The van der Waals surface area contributed by atoms with Crippen LogP contribution in [-0.4, -0.2) is 16.2 Å². The SMILES string of the molecule is Nc1nccc(N/N=C/c2ccc(Cl)cc2)n1. The Bertz CT molecular complexity index is 524. The Morgan fingerprint density at radius 1 is 1.24 bits per heavy atom. The quantitative estimate of drug-likeness (QED) is 0.644. The summed E-state index contributed by atoms with van der Waals surface area (Å²) in [6, 6.07) is 9.00. The first-order valence-corrected chi connectivity index (χ1v) is 5.25. The first kappa shape index (κ1) is 11.3. The molecule has 0 saturated carbocycles. The Balaban J connectivity index is 2.00. The summed E-state index contributed by atoms with van der Waals surface area (Å²) in [5, 5.41) is 4.71. The molecule has 17 heavy (non-hydrogen) atoms. The predicted octanol–water partition coefficient (Wildman–Crippen LogP) is 2.16. The fraction of sp³-hybridized carbons (Fsp3) is 0.